The fraction of sp³-hybridized carbons (Fsp3) is 0.0667. The third-order valence-corrected chi connectivity index (χ3v) is 6.09. The van der Waals surface area contributed by atoms with Crippen LogP contribution in [-0.4, -0.2) is 28.7 Å². The first kappa shape index (κ1) is 26.0. The van der Waals surface area contributed by atoms with E-state index < -0.39 is 4.92 Å². The molecule has 198 valence electrons. The molecular weight excluding hydrogens is 510 g/mol. The zero-order valence-electron chi connectivity index (χ0n) is 21.6. The van der Waals surface area contributed by atoms with Gasteiger partial charge in [-0.3, -0.25) is 19.5 Å². The first-order chi connectivity index (χ1) is 19.5. The molecule has 0 saturated heterocycles. The number of fused-ring (bicyclic) bond motifs is 1. The van der Waals surface area contributed by atoms with Gasteiger partial charge in [-0.25, -0.2) is 4.98 Å². The van der Waals surface area contributed by atoms with Crippen molar-refractivity contribution in [2.75, 3.05) is 14.2 Å². The number of hydrogen-bond donors (Lipinski definition) is 0. The van der Waals surface area contributed by atoms with Crippen LogP contribution in [0.2, 0.25) is 0 Å². The first-order valence-corrected chi connectivity index (χ1v) is 12.2. The normalized spacial score (nSPS) is 11.3. The number of hydrogen-bond acceptors (Lipinski definition) is 8. The van der Waals surface area contributed by atoms with E-state index in [2.05, 4.69) is 10.2 Å². The summed E-state index contributed by atoms with van der Waals surface area (Å²) in [5, 5.41) is 19.7. The monoisotopic (exact) mass is 533 g/mol. The molecule has 40 heavy (non-hydrogen) atoms. The third kappa shape index (κ3) is 5.46. The Hall–Kier alpha value is -5.64. The Bertz CT molecular complexity index is 1810. The maximum absolute atomic E-state index is 13.7. The highest BCUT2D eigenvalue weighted by Crippen LogP contribution is 2.30. The lowest BCUT2D eigenvalue weighted by Gasteiger charge is -2.15. The Labute approximate surface area is 228 Å². The fourth-order valence-electron chi connectivity index (χ4n) is 4.05. The standard InChI is InChI=1S/C30H23N5O5/c1-39-24-15-7-20(8-16-24)9-18-29-31-26-6-4-3-5-25(26)30(36)34(29)27-17-12-22(19-28(27)40-2)33-32-21-10-13-23(14-11-21)35(37)38/h3-19H,1-2H3/b18-9+,33-32?. The lowest BCUT2D eigenvalue weighted by atomic mass is 10.2. The van der Waals surface area contributed by atoms with Crippen molar-refractivity contribution in [3.05, 3.63) is 123 Å². The van der Waals surface area contributed by atoms with Gasteiger partial charge in [-0.2, -0.15) is 10.2 Å². The Morgan fingerprint density at radius 3 is 2.25 bits per heavy atom. The van der Waals surface area contributed by atoms with E-state index in [4.69, 9.17) is 14.5 Å². The van der Waals surface area contributed by atoms with Crippen LogP contribution in [0, 0.1) is 10.1 Å². The molecule has 1 aromatic heterocycles. The maximum atomic E-state index is 13.7. The van der Waals surface area contributed by atoms with Gasteiger partial charge >= 0.3 is 0 Å². The van der Waals surface area contributed by atoms with Crippen LogP contribution in [0.4, 0.5) is 17.1 Å². The number of non-ortho nitro benzene ring substituents is 1. The van der Waals surface area contributed by atoms with Crippen LogP contribution in [0.3, 0.4) is 0 Å². The Morgan fingerprint density at radius 2 is 1.55 bits per heavy atom. The topological polar surface area (TPSA) is 121 Å². The molecule has 0 N–H and O–H groups in total. The van der Waals surface area contributed by atoms with Crippen molar-refractivity contribution >= 4 is 40.1 Å². The minimum atomic E-state index is -0.478. The van der Waals surface area contributed by atoms with Crippen molar-refractivity contribution in [1.29, 1.82) is 0 Å². The number of azo groups is 1. The van der Waals surface area contributed by atoms with E-state index >= 15 is 0 Å². The van der Waals surface area contributed by atoms with Crippen LogP contribution in [0.25, 0.3) is 28.7 Å². The van der Waals surface area contributed by atoms with Gasteiger partial charge in [0.25, 0.3) is 11.2 Å². The molecule has 0 unspecified atom stereocenters. The lowest BCUT2D eigenvalue weighted by molar-refractivity contribution is -0.384. The minimum absolute atomic E-state index is 0.0312. The number of benzene rings is 4. The van der Waals surface area contributed by atoms with Crippen molar-refractivity contribution in [3.63, 3.8) is 0 Å². The third-order valence-electron chi connectivity index (χ3n) is 6.09. The summed E-state index contributed by atoms with van der Waals surface area (Å²) in [6.07, 6.45) is 3.64. The number of nitrogens with zero attached hydrogens (tertiary/aromatic N) is 5. The lowest BCUT2D eigenvalue weighted by Crippen LogP contribution is -2.22. The van der Waals surface area contributed by atoms with Gasteiger partial charge < -0.3 is 9.47 Å². The molecule has 1 heterocycles. The van der Waals surface area contributed by atoms with E-state index in [1.807, 2.05) is 36.4 Å². The van der Waals surface area contributed by atoms with E-state index in [0.717, 1.165) is 11.3 Å². The number of ether oxygens (including phenoxy) is 2. The molecule has 4 aromatic carbocycles. The molecule has 10 nitrogen and oxygen atoms in total. The van der Waals surface area contributed by atoms with Crippen molar-refractivity contribution in [2.45, 2.75) is 0 Å². The second-order valence-corrected chi connectivity index (χ2v) is 8.56. The van der Waals surface area contributed by atoms with Crippen molar-refractivity contribution in [3.8, 4) is 17.2 Å². The highest BCUT2D eigenvalue weighted by Gasteiger charge is 2.15. The predicted molar refractivity (Wildman–Crippen MR) is 153 cm³/mol. The number of methoxy groups -OCH3 is 2. The van der Waals surface area contributed by atoms with E-state index in [1.54, 1.807) is 49.6 Å². The largest absolute Gasteiger partial charge is 0.497 e. The van der Waals surface area contributed by atoms with Gasteiger partial charge in [0, 0.05) is 18.2 Å². The molecule has 0 amide bonds. The molecule has 0 spiro atoms. The fourth-order valence-corrected chi connectivity index (χ4v) is 4.05. The highest BCUT2D eigenvalue weighted by atomic mass is 16.6. The summed E-state index contributed by atoms with van der Waals surface area (Å²) in [5.74, 6) is 1.55. The van der Waals surface area contributed by atoms with E-state index in [0.29, 0.717) is 39.5 Å². The molecule has 0 atom stereocenters. The average Bonchev–Trinajstić information content (AvgIpc) is 2.99. The van der Waals surface area contributed by atoms with Gasteiger partial charge in [-0.05, 0) is 60.2 Å². The van der Waals surface area contributed by atoms with Crippen molar-refractivity contribution in [2.24, 2.45) is 10.2 Å². The van der Waals surface area contributed by atoms with Crippen LogP contribution in [0.1, 0.15) is 11.4 Å². The summed E-state index contributed by atoms with van der Waals surface area (Å²) in [7, 11) is 3.11. The number of aromatic nitrogens is 2. The molecule has 0 saturated carbocycles. The second kappa shape index (κ2) is 11.4. The van der Waals surface area contributed by atoms with Gasteiger partial charge in [0.2, 0.25) is 0 Å². The quantitative estimate of drug-likeness (QED) is 0.122. The van der Waals surface area contributed by atoms with Gasteiger partial charge in [0.15, 0.2) is 0 Å². The number of rotatable bonds is 8. The zero-order chi connectivity index (χ0) is 28.1. The van der Waals surface area contributed by atoms with E-state index in [-0.39, 0.29) is 11.2 Å². The van der Waals surface area contributed by atoms with Crippen molar-refractivity contribution in [1.82, 2.24) is 9.55 Å². The Morgan fingerprint density at radius 1 is 0.850 bits per heavy atom. The number of nitro groups is 1. The van der Waals surface area contributed by atoms with Gasteiger partial charge in [0.1, 0.15) is 17.3 Å². The molecule has 0 aliphatic carbocycles. The van der Waals surface area contributed by atoms with Crippen LogP contribution in [-0.2, 0) is 0 Å². The Kier molecular flexibility index (Phi) is 7.41. The van der Waals surface area contributed by atoms with Crippen LogP contribution in [0.5, 0.6) is 11.5 Å². The molecule has 5 rings (SSSR count). The van der Waals surface area contributed by atoms with Gasteiger partial charge in [-0.1, -0.05) is 30.3 Å². The zero-order valence-corrected chi connectivity index (χ0v) is 21.6. The van der Waals surface area contributed by atoms with Crippen LogP contribution < -0.4 is 15.0 Å². The maximum Gasteiger partial charge on any atom is 0.269 e. The molecule has 0 aliphatic heterocycles. The van der Waals surface area contributed by atoms with E-state index in [9.17, 15) is 14.9 Å². The van der Waals surface area contributed by atoms with Crippen molar-refractivity contribution < 1.29 is 14.4 Å². The molecule has 0 radical (unpaired) electrons. The summed E-state index contributed by atoms with van der Waals surface area (Å²) in [4.78, 5) is 28.9. The van der Waals surface area contributed by atoms with E-state index in [1.165, 1.54) is 35.9 Å². The summed E-state index contributed by atoms with van der Waals surface area (Å²) in [6.45, 7) is 0. The number of para-hydroxylation sites is 1. The molecule has 10 heteroatoms. The predicted octanol–water partition coefficient (Wildman–Crippen LogP) is 6.90. The molecular formula is C30H23N5O5. The smallest absolute Gasteiger partial charge is 0.269 e. The minimum Gasteiger partial charge on any atom is -0.497 e. The second-order valence-electron chi connectivity index (χ2n) is 8.56. The summed E-state index contributed by atoms with van der Waals surface area (Å²) >= 11 is 0. The molecule has 0 aliphatic rings. The molecule has 5 aromatic rings. The molecule has 0 bridgehead atoms. The van der Waals surface area contributed by atoms with Crippen LogP contribution in [0.15, 0.2) is 106 Å². The van der Waals surface area contributed by atoms with Gasteiger partial charge in [0.05, 0.1) is 47.1 Å². The SMILES string of the molecule is COc1ccc(/C=C/c2nc3ccccc3c(=O)n2-c2ccc(N=Nc3ccc([N+](=O)[O-])cc3)cc2OC)cc1. The number of nitro benzene ring substituents is 1. The average molecular weight is 534 g/mol. The highest BCUT2D eigenvalue weighted by molar-refractivity contribution is 5.80. The summed E-state index contributed by atoms with van der Waals surface area (Å²) in [5.41, 5.74) is 2.60. The summed E-state index contributed by atoms with van der Waals surface area (Å²) in [6, 6.07) is 25.5. The molecule has 0 fully saturated rings. The Balaban J connectivity index is 1.56. The van der Waals surface area contributed by atoms with Crippen LogP contribution >= 0.6 is 0 Å². The summed E-state index contributed by atoms with van der Waals surface area (Å²) < 4.78 is 12.4. The first-order valence-electron chi connectivity index (χ1n) is 12.2. The van der Waals surface area contributed by atoms with Gasteiger partial charge in [-0.15, -0.1) is 0 Å².